The topological polar surface area (TPSA) is 74.2 Å². The third kappa shape index (κ3) is 11.5. The first-order valence-corrected chi connectivity index (χ1v) is 17.8. The van der Waals surface area contributed by atoms with Crippen LogP contribution in [0, 0.1) is 0 Å². The number of benzene rings is 3. The summed E-state index contributed by atoms with van der Waals surface area (Å²) in [4.78, 5) is 11.7. The molecule has 6 nitrogen and oxygen atoms in total. The molecule has 0 fully saturated rings. The number of carboxylic acids is 1. The van der Waals surface area contributed by atoms with Crippen molar-refractivity contribution in [2.45, 2.75) is 96.3 Å². The Bertz CT molecular complexity index is 1160. The molecule has 228 valence electrons. The van der Waals surface area contributed by atoms with Crippen LogP contribution < -0.4 is 0 Å². The molecule has 42 heavy (non-hydrogen) atoms. The third-order valence-corrected chi connectivity index (χ3v) is 12.5. The minimum absolute atomic E-state index is 0.0312. The van der Waals surface area contributed by atoms with Gasteiger partial charge in [-0.05, 0) is 47.7 Å². The maximum absolute atomic E-state index is 11.7. The lowest BCUT2D eigenvalue weighted by Crippen LogP contribution is -2.45. The van der Waals surface area contributed by atoms with Gasteiger partial charge in [0.15, 0.2) is 8.32 Å². The van der Waals surface area contributed by atoms with E-state index in [9.17, 15) is 9.90 Å². The summed E-state index contributed by atoms with van der Waals surface area (Å²) < 4.78 is 26.3. The molecule has 0 saturated heterocycles. The van der Waals surface area contributed by atoms with Gasteiger partial charge < -0.3 is 23.7 Å². The minimum atomic E-state index is -1.99. The van der Waals surface area contributed by atoms with Crippen LogP contribution >= 0.6 is 0 Å². The Morgan fingerprint density at radius 2 is 1.10 bits per heavy atom. The lowest BCUT2D eigenvalue weighted by Gasteiger charge is -2.38. The van der Waals surface area contributed by atoms with E-state index in [0.29, 0.717) is 39.3 Å². The Morgan fingerprint density at radius 1 is 0.690 bits per heavy atom. The average molecular weight is 593 g/mol. The van der Waals surface area contributed by atoms with Gasteiger partial charge in [0.25, 0.3) is 0 Å². The molecule has 0 radical (unpaired) electrons. The van der Waals surface area contributed by atoms with Crippen LogP contribution in [0.4, 0.5) is 0 Å². The molecule has 0 heterocycles. The lowest BCUT2D eigenvalue weighted by atomic mass is 10.00. The zero-order chi connectivity index (χ0) is 30.4. The highest BCUT2D eigenvalue weighted by atomic mass is 28.4. The van der Waals surface area contributed by atoms with Gasteiger partial charge in [0.2, 0.25) is 0 Å². The Hall–Kier alpha value is -2.81. The van der Waals surface area contributed by atoms with E-state index in [0.717, 1.165) is 16.7 Å². The lowest BCUT2D eigenvalue weighted by molar-refractivity contribution is -0.160. The zero-order valence-corrected chi connectivity index (χ0v) is 26.8. The monoisotopic (exact) mass is 592 g/mol. The number of rotatable bonds is 18. The van der Waals surface area contributed by atoms with Crippen LogP contribution in [0.2, 0.25) is 18.1 Å². The maximum Gasteiger partial charge on any atom is 0.303 e. The molecular formula is C35H48O6Si. The second kappa shape index (κ2) is 16.7. The van der Waals surface area contributed by atoms with Gasteiger partial charge in [-0.1, -0.05) is 112 Å². The molecule has 0 unspecified atom stereocenters. The van der Waals surface area contributed by atoms with Crippen molar-refractivity contribution in [3.63, 3.8) is 0 Å². The predicted octanol–water partition coefficient (Wildman–Crippen LogP) is 8.02. The summed E-state index contributed by atoms with van der Waals surface area (Å²) in [5.41, 5.74) is 3.10. The van der Waals surface area contributed by atoms with Crippen molar-refractivity contribution in [2.75, 3.05) is 6.61 Å². The molecule has 0 spiro atoms. The van der Waals surface area contributed by atoms with E-state index in [1.54, 1.807) is 0 Å². The molecule has 0 aliphatic heterocycles. The summed E-state index contributed by atoms with van der Waals surface area (Å²) in [7, 11) is -1.99. The highest BCUT2D eigenvalue weighted by molar-refractivity contribution is 6.74. The predicted molar refractivity (Wildman–Crippen MR) is 170 cm³/mol. The van der Waals surface area contributed by atoms with Crippen LogP contribution in [0.25, 0.3) is 0 Å². The molecule has 3 rings (SSSR count). The summed E-state index contributed by atoms with van der Waals surface area (Å²) in [6.45, 7) is 12.8. The van der Waals surface area contributed by atoms with Gasteiger partial charge >= 0.3 is 5.97 Å². The summed E-state index contributed by atoms with van der Waals surface area (Å²) in [6.07, 6.45) is -0.532. The maximum atomic E-state index is 11.7. The highest BCUT2D eigenvalue weighted by Gasteiger charge is 2.38. The van der Waals surface area contributed by atoms with Crippen molar-refractivity contribution >= 4 is 14.3 Å². The molecule has 3 aromatic rings. The van der Waals surface area contributed by atoms with Gasteiger partial charge in [0.05, 0.1) is 32.0 Å². The second-order valence-electron chi connectivity index (χ2n) is 12.3. The summed E-state index contributed by atoms with van der Waals surface area (Å²) in [6, 6.07) is 30.0. The standard InChI is InChI=1S/C35H48O6Si/c1-35(2,3)42(4,5)41-24-23-32(39-26-29-17-11-7-12-18-29)34(40-27-30-19-13-8-14-20-30)31(21-22-33(36)37)38-25-28-15-9-6-10-16-28/h6-20,31-32,34H,21-27H2,1-5H3,(H,36,37)/t31-,32+,34+/m0/s1. The first kappa shape index (κ1) is 33.7. The molecule has 0 saturated carbocycles. The molecule has 7 heteroatoms. The highest BCUT2D eigenvalue weighted by Crippen LogP contribution is 2.37. The van der Waals surface area contributed by atoms with Crippen LogP contribution in [0.5, 0.6) is 0 Å². The second-order valence-corrected chi connectivity index (χ2v) is 17.1. The average Bonchev–Trinajstić information content (AvgIpc) is 2.97. The van der Waals surface area contributed by atoms with Crippen LogP contribution in [0.3, 0.4) is 0 Å². The molecule has 0 aliphatic carbocycles. The summed E-state index contributed by atoms with van der Waals surface area (Å²) in [5, 5.41) is 9.67. The first-order valence-electron chi connectivity index (χ1n) is 14.9. The van der Waals surface area contributed by atoms with Crippen LogP contribution in [0.1, 0.15) is 56.7 Å². The van der Waals surface area contributed by atoms with Crippen molar-refractivity contribution in [2.24, 2.45) is 0 Å². The Kier molecular flexibility index (Phi) is 13.4. The molecule has 1 N–H and O–H groups in total. The van der Waals surface area contributed by atoms with E-state index < -0.39 is 26.5 Å². The van der Waals surface area contributed by atoms with Gasteiger partial charge in [-0.3, -0.25) is 4.79 Å². The normalized spacial score (nSPS) is 14.3. The molecule has 3 aromatic carbocycles. The van der Waals surface area contributed by atoms with Gasteiger partial charge in [-0.15, -0.1) is 0 Å². The van der Waals surface area contributed by atoms with E-state index in [1.165, 1.54) is 0 Å². The zero-order valence-electron chi connectivity index (χ0n) is 25.8. The molecular weight excluding hydrogens is 544 g/mol. The van der Waals surface area contributed by atoms with Crippen molar-refractivity contribution in [3.05, 3.63) is 108 Å². The molecule has 3 atom stereocenters. The van der Waals surface area contributed by atoms with Gasteiger partial charge in [0.1, 0.15) is 6.10 Å². The van der Waals surface area contributed by atoms with Crippen LogP contribution in [-0.4, -0.2) is 44.3 Å². The van der Waals surface area contributed by atoms with E-state index in [-0.39, 0.29) is 17.6 Å². The number of carboxylic acid groups (broad SMARTS) is 1. The Morgan fingerprint density at radius 3 is 1.50 bits per heavy atom. The minimum Gasteiger partial charge on any atom is -0.481 e. The molecule has 0 bridgehead atoms. The Labute approximate surface area is 253 Å². The van der Waals surface area contributed by atoms with Crippen molar-refractivity contribution in [1.82, 2.24) is 0 Å². The third-order valence-electron chi connectivity index (χ3n) is 7.95. The number of carbonyl (C=O) groups is 1. The largest absolute Gasteiger partial charge is 0.481 e. The summed E-state index contributed by atoms with van der Waals surface area (Å²) >= 11 is 0. The van der Waals surface area contributed by atoms with E-state index in [1.807, 2.05) is 91.0 Å². The fourth-order valence-corrected chi connectivity index (χ4v) is 5.43. The SMILES string of the molecule is CC(C)(C)[Si](C)(C)OCC[C@@H](OCc1ccccc1)[C@H](OCc1ccccc1)[C@H](CCC(=O)O)OCc1ccccc1. The Balaban J connectivity index is 1.89. The van der Waals surface area contributed by atoms with Gasteiger partial charge in [0, 0.05) is 13.0 Å². The number of aliphatic carboxylic acids is 1. The van der Waals surface area contributed by atoms with Gasteiger partial charge in [-0.2, -0.15) is 0 Å². The van der Waals surface area contributed by atoms with Crippen LogP contribution in [-0.2, 0) is 43.3 Å². The number of hydrogen-bond donors (Lipinski definition) is 1. The number of ether oxygens (including phenoxy) is 3. The van der Waals surface area contributed by atoms with Crippen molar-refractivity contribution < 1.29 is 28.5 Å². The first-order chi connectivity index (χ1) is 20.0. The van der Waals surface area contributed by atoms with E-state index in [4.69, 9.17) is 18.6 Å². The fraction of sp³-hybridized carbons (Fsp3) is 0.457. The molecule has 0 aliphatic rings. The molecule has 0 amide bonds. The van der Waals surface area contributed by atoms with E-state index >= 15 is 0 Å². The quantitative estimate of drug-likeness (QED) is 0.151. The number of hydrogen-bond acceptors (Lipinski definition) is 5. The molecule has 0 aromatic heterocycles. The smallest absolute Gasteiger partial charge is 0.303 e. The van der Waals surface area contributed by atoms with Crippen LogP contribution in [0.15, 0.2) is 91.0 Å². The van der Waals surface area contributed by atoms with Gasteiger partial charge in [-0.25, -0.2) is 0 Å². The van der Waals surface area contributed by atoms with Crippen molar-refractivity contribution in [3.8, 4) is 0 Å². The van der Waals surface area contributed by atoms with E-state index in [2.05, 4.69) is 33.9 Å². The van der Waals surface area contributed by atoms with Crippen molar-refractivity contribution in [1.29, 1.82) is 0 Å². The summed E-state index contributed by atoms with van der Waals surface area (Å²) in [5.74, 6) is -0.867. The fourth-order valence-electron chi connectivity index (χ4n) is 4.37.